The lowest BCUT2D eigenvalue weighted by atomic mass is 10.2. The number of likely N-dealkylation sites (tertiary alicyclic amines) is 1. The summed E-state index contributed by atoms with van der Waals surface area (Å²) in [6, 6.07) is 6.18. The molecule has 156 valence electrons. The number of aromatic nitrogens is 2. The Balaban J connectivity index is 1.54. The molecule has 1 atom stereocenters. The Labute approximate surface area is 169 Å². The van der Waals surface area contributed by atoms with Crippen LogP contribution in [0.2, 0.25) is 5.02 Å². The summed E-state index contributed by atoms with van der Waals surface area (Å²) < 4.78 is 42.5. The molecular weight excluding hydrogens is 413 g/mol. The molecule has 0 radical (unpaired) electrons. The van der Waals surface area contributed by atoms with Crippen LogP contribution in [0, 0.1) is 0 Å². The lowest BCUT2D eigenvalue weighted by molar-refractivity contribution is -0.162. The normalized spacial score (nSPS) is 16.7. The van der Waals surface area contributed by atoms with Gasteiger partial charge in [0.25, 0.3) is 0 Å². The molecule has 3 rings (SSSR count). The summed E-state index contributed by atoms with van der Waals surface area (Å²) in [5.74, 6) is -0.453. The van der Waals surface area contributed by atoms with E-state index in [-0.39, 0.29) is 13.1 Å². The number of carbonyl (C=O) groups is 2. The number of alkyl halides is 3. The van der Waals surface area contributed by atoms with E-state index in [4.69, 9.17) is 11.6 Å². The van der Waals surface area contributed by atoms with E-state index >= 15 is 0 Å². The molecule has 1 aromatic heterocycles. The first kappa shape index (κ1) is 21.0. The van der Waals surface area contributed by atoms with Crippen LogP contribution >= 0.6 is 11.6 Å². The molecule has 7 nitrogen and oxygen atoms in total. The molecule has 0 bridgehead atoms. The zero-order valence-electron chi connectivity index (χ0n) is 15.2. The van der Waals surface area contributed by atoms with Gasteiger partial charge >= 0.3 is 12.3 Å². The molecule has 11 heteroatoms. The highest BCUT2D eigenvalue weighted by molar-refractivity contribution is 6.30. The fraction of sp³-hybridized carbons (Fsp3) is 0.389. The molecule has 1 unspecified atom stereocenters. The standard InChI is InChI=1S/C18H18ClF3N4O3/c19-13-3-5-14(6-4-13)26-10-12(9-24-26)8-23-16(27)15-2-1-7-25(15)17(28)29-11-18(20,21)22/h3-6,9-10,15H,1-2,7-8,11H2,(H,23,27). The summed E-state index contributed by atoms with van der Waals surface area (Å²) in [5, 5.41) is 7.50. The number of amides is 2. The lowest BCUT2D eigenvalue weighted by Gasteiger charge is -2.23. The van der Waals surface area contributed by atoms with Crippen LogP contribution in [0.5, 0.6) is 0 Å². The number of nitrogens with zero attached hydrogens (tertiary/aromatic N) is 3. The van der Waals surface area contributed by atoms with Crippen molar-refractivity contribution in [2.24, 2.45) is 0 Å². The van der Waals surface area contributed by atoms with Crippen LogP contribution in [0.4, 0.5) is 18.0 Å². The number of rotatable bonds is 5. The second-order valence-corrected chi connectivity index (χ2v) is 6.94. The van der Waals surface area contributed by atoms with Crippen molar-refractivity contribution in [2.75, 3.05) is 13.2 Å². The predicted octanol–water partition coefficient (Wildman–Crippen LogP) is 3.31. The fourth-order valence-corrected chi connectivity index (χ4v) is 3.10. The molecule has 1 saturated heterocycles. The monoisotopic (exact) mass is 430 g/mol. The summed E-state index contributed by atoms with van der Waals surface area (Å²) in [7, 11) is 0. The minimum atomic E-state index is -4.61. The van der Waals surface area contributed by atoms with Crippen LogP contribution in [0.3, 0.4) is 0 Å². The average molecular weight is 431 g/mol. The van der Waals surface area contributed by atoms with Gasteiger partial charge in [-0.05, 0) is 37.1 Å². The van der Waals surface area contributed by atoms with Crippen molar-refractivity contribution in [3.8, 4) is 5.69 Å². The van der Waals surface area contributed by atoms with E-state index in [1.165, 1.54) is 0 Å². The topological polar surface area (TPSA) is 76.5 Å². The van der Waals surface area contributed by atoms with Crippen molar-refractivity contribution in [3.05, 3.63) is 47.2 Å². The molecule has 0 saturated carbocycles. The Morgan fingerprint density at radius 3 is 2.69 bits per heavy atom. The Kier molecular flexibility index (Phi) is 6.31. The van der Waals surface area contributed by atoms with Crippen molar-refractivity contribution in [2.45, 2.75) is 31.6 Å². The number of ether oxygens (including phenoxy) is 1. The third kappa shape index (κ3) is 5.63. The highest BCUT2D eigenvalue weighted by Gasteiger charge is 2.37. The molecule has 1 aromatic carbocycles. The smallest absolute Gasteiger partial charge is 0.422 e. The maximum absolute atomic E-state index is 12.4. The highest BCUT2D eigenvalue weighted by atomic mass is 35.5. The van der Waals surface area contributed by atoms with Crippen molar-refractivity contribution in [3.63, 3.8) is 0 Å². The molecular formula is C18H18ClF3N4O3. The van der Waals surface area contributed by atoms with Gasteiger partial charge in [-0.2, -0.15) is 18.3 Å². The van der Waals surface area contributed by atoms with Crippen LogP contribution in [0.15, 0.2) is 36.7 Å². The van der Waals surface area contributed by atoms with E-state index in [1.54, 1.807) is 41.3 Å². The number of nitrogens with one attached hydrogen (secondary N) is 1. The Hall–Kier alpha value is -2.75. The zero-order valence-corrected chi connectivity index (χ0v) is 15.9. The van der Waals surface area contributed by atoms with Gasteiger partial charge in [0, 0.05) is 29.9 Å². The minimum absolute atomic E-state index is 0.161. The fourth-order valence-electron chi connectivity index (χ4n) is 2.98. The van der Waals surface area contributed by atoms with E-state index in [9.17, 15) is 22.8 Å². The number of hydrogen-bond acceptors (Lipinski definition) is 4. The van der Waals surface area contributed by atoms with Gasteiger partial charge in [0.05, 0.1) is 11.9 Å². The third-order valence-electron chi connectivity index (χ3n) is 4.34. The number of carbonyl (C=O) groups excluding carboxylic acids is 2. The van der Waals surface area contributed by atoms with Crippen LogP contribution in [0.1, 0.15) is 18.4 Å². The molecule has 1 aliphatic rings. The summed E-state index contributed by atoms with van der Waals surface area (Å²) in [6.07, 6.45) is -1.58. The molecule has 29 heavy (non-hydrogen) atoms. The van der Waals surface area contributed by atoms with Gasteiger partial charge in [0.15, 0.2) is 6.61 Å². The van der Waals surface area contributed by atoms with E-state index < -0.39 is 30.8 Å². The number of benzene rings is 1. The van der Waals surface area contributed by atoms with Gasteiger partial charge in [-0.3, -0.25) is 9.69 Å². The van der Waals surface area contributed by atoms with Crippen molar-refractivity contribution < 1.29 is 27.5 Å². The van der Waals surface area contributed by atoms with Crippen LogP contribution in [-0.4, -0.2) is 52.1 Å². The largest absolute Gasteiger partial charge is 0.440 e. The summed E-state index contributed by atoms with van der Waals surface area (Å²) in [6.45, 7) is -1.35. The highest BCUT2D eigenvalue weighted by Crippen LogP contribution is 2.21. The van der Waals surface area contributed by atoms with Crippen molar-refractivity contribution in [1.82, 2.24) is 20.0 Å². The molecule has 2 heterocycles. The first-order chi connectivity index (χ1) is 13.7. The Morgan fingerprint density at radius 1 is 1.28 bits per heavy atom. The average Bonchev–Trinajstić information content (AvgIpc) is 3.34. The van der Waals surface area contributed by atoms with Crippen LogP contribution < -0.4 is 5.32 Å². The lowest BCUT2D eigenvalue weighted by Crippen LogP contribution is -2.46. The molecule has 0 aliphatic carbocycles. The summed E-state index contributed by atoms with van der Waals surface area (Å²) in [5.41, 5.74) is 1.51. The first-order valence-corrected chi connectivity index (χ1v) is 9.18. The molecule has 1 N–H and O–H groups in total. The van der Waals surface area contributed by atoms with E-state index in [2.05, 4.69) is 15.2 Å². The summed E-state index contributed by atoms with van der Waals surface area (Å²) in [4.78, 5) is 25.3. The molecule has 2 aromatic rings. The quantitative estimate of drug-likeness (QED) is 0.789. The van der Waals surface area contributed by atoms with E-state index in [0.717, 1.165) is 16.2 Å². The van der Waals surface area contributed by atoms with Crippen molar-refractivity contribution in [1.29, 1.82) is 0 Å². The van der Waals surface area contributed by atoms with E-state index in [0.29, 0.717) is 17.9 Å². The Morgan fingerprint density at radius 2 is 2.00 bits per heavy atom. The SMILES string of the molecule is O=C(NCc1cnn(-c2ccc(Cl)cc2)c1)C1CCCN1C(=O)OCC(F)(F)F. The van der Waals surface area contributed by atoms with Gasteiger partial charge in [-0.25, -0.2) is 9.48 Å². The van der Waals surface area contributed by atoms with E-state index in [1.807, 2.05) is 0 Å². The van der Waals surface area contributed by atoms with Gasteiger partial charge < -0.3 is 10.1 Å². The first-order valence-electron chi connectivity index (χ1n) is 8.80. The van der Waals surface area contributed by atoms with Crippen LogP contribution in [0.25, 0.3) is 5.69 Å². The number of halogens is 4. The molecule has 0 spiro atoms. The maximum atomic E-state index is 12.4. The van der Waals surface area contributed by atoms with Crippen LogP contribution in [-0.2, 0) is 16.1 Å². The van der Waals surface area contributed by atoms with Gasteiger partial charge in [-0.1, -0.05) is 11.6 Å². The number of hydrogen-bond donors (Lipinski definition) is 1. The van der Waals surface area contributed by atoms with Crippen molar-refractivity contribution >= 4 is 23.6 Å². The Bertz CT molecular complexity index is 870. The second kappa shape index (κ2) is 8.73. The maximum Gasteiger partial charge on any atom is 0.422 e. The molecule has 1 aliphatic heterocycles. The zero-order chi connectivity index (χ0) is 21.0. The van der Waals surface area contributed by atoms with Gasteiger partial charge in [0.2, 0.25) is 5.91 Å². The third-order valence-corrected chi connectivity index (χ3v) is 4.60. The minimum Gasteiger partial charge on any atom is -0.440 e. The van der Waals surface area contributed by atoms with Gasteiger partial charge in [-0.15, -0.1) is 0 Å². The van der Waals surface area contributed by atoms with Gasteiger partial charge in [0.1, 0.15) is 6.04 Å². The predicted molar refractivity (Wildman–Crippen MR) is 97.6 cm³/mol. The second-order valence-electron chi connectivity index (χ2n) is 6.51. The summed E-state index contributed by atoms with van der Waals surface area (Å²) >= 11 is 5.86. The molecule has 1 fully saturated rings. The molecule has 2 amide bonds.